The van der Waals surface area contributed by atoms with Crippen LogP contribution in [-0.2, 0) is 0 Å². The number of carbonyl (C=O) groups excluding carboxylic acids is 1. The van der Waals surface area contributed by atoms with Gasteiger partial charge in [-0.15, -0.1) is 6.58 Å². The maximum Gasteiger partial charge on any atom is 0.270 e. The number of nitrogens with zero attached hydrogens (tertiary/aromatic N) is 3. The largest absolute Gasteiger partial charge is 0.347 e. The minimum Gasteiger partial charge on any atom is -0.347 e. The van der Waals surface area contributed by atoms with Crippen LogP contribution in [0.4, 0.5) is 0 Å². The van der Waals surface area contributed by atoms with Crippen LogP contribution in [0.3, 0.4) is 0 Å². The molecule has 2 aromatic rings. The van der Waals surface area contributed by atoms with Crippen LogP contribution in [0.1, 0.15) is 16.2 Å². The summed E-state index contributed by atoms with van der Waals surface area (Å²) in [6.45, 7) is 5.85. The number of hydrogen-bond donors (Lipinski definition) is 1. The average Bonchev–Trinajstić information content (AvgIpc) is 2.74. The van der Waals surface area contributed by atoms with Gasteiger partial charge in [0.25, 0.3) is 5.91 Å². The summed E-state index contributed by atoms with van der Waals surface area (Å²) in [6.07, 6.45) is 3.28. The summed E-state index contributed by atoms with van der Waals surface area (Å²) < 4.78 is 1.68. The lowest BCUT2D eigenvalue weighted by Crippen LogP contribution is -2.24. The van der Waals surface area contributed by atoms with E-state index in [9.17, 15) is 4.79 Å². The molecular formula is C11H12N4O. The van der Waals surface area contributed by atoms with E-state index in [0.29, 0.717) is 17.9 Å². The third kappa shape index (κ3) is 1.79. The first-order valence-corrected chi connectivity index (χ1v) is 4.93. The highest BCUT2D eigenvalue weighted by molar-refractivity contribution is 5.92. The number of nitrogens with one attached hydrogen (secondary N) is 1. The summed E-state index contributed by atoms with van der Waals surface area (Å²) in [6, 6.07) is 3.47. The zero-order valence-corrected chi connectivity index (χ0v) is 8.97. The Morgan fingerprint density at radius 2 is 2.50 bits per heavy atom. The molecule has 0 unspecified atom stereocenters. The molecule has 0 aliphatic rings. The van der Waals surface area contributed by atoms with Gasteiger partial charge >= 0.3 is 0 Å². The molecule has 0 atom stereocenters. The molecular weight excluding hydrogens is 204 g/mol. The Balaban J connectivity index is 2.37. The predicted molar refractivity (Wildman–Crippen MR) is 60.3 cm³/mol. The molecule has 0 aromatic carbocycles. The second-order valence-corrected chi connectivity index (χ2v) is 3.38. The van der Waals surface area contributed by atoms with Gasteiger partial charge in [0.2, 0.25) is 0 Å². The fourth-order valence-electron chi connectivity index (χ4n) is 1.44. The molecule has 5 nitrogen and oxygen atoms in total. The second-order valence-electron chi connectivity index (χ2n) is 3.38. The third-order valence-electron chi connectivity index (χ3n) is 2.18. The van der Waals surface area contributed by atoms with Crippen molar-refractivity contribution in [1.82, 2.24) is 19.9 Å². The SMILES string of the molecule is C=CCNC(=O)c1cc(C)n2nccc2n1. The molecule has 0 aliphatic carbocycles. The number of aryl methyl sites for hydroxylation is 1. The molecule has 82 valence electrons. The molecule has 0 saturated carbocycles. The number of hydrogen-bond acceptors (Lipinski definition) is 3. The maximum atomic E-state index is 11.7. The van der Waals surface area contributed by atoms with E-state index >= 15 is 0 Å². The normalized spacial score (nSPS) is 10.3. The van der Waals surface area contributed by atoms with E-state index < -0.39 is 0 Å². The standard InChI is InChI=1S/C11H12N4O/c1-3-5-12-11(16)9-7-8(2)15-10(14-9)4-6-13-15/h3-4,6-7H,1,5H2,2H3,(H,12,16). The minimum absolute atomic E-state index is 0.202. The molecule has 2 heterocycles. The summed E-state index contributed by atoms with van der Waals surface area (Å²) in [4.78, 5) is 15.9. The van der Waals surface area contributed by atoms with E-state index in [1.165, 1.54) is 0 Å². The molecule has 0 aliphatic heterocycles. The van der Waals surface area contributed by atoms with Gasteiger partial charge in [-0.25, -0.2) is 9.50 Å². The Labute approximate surface area is 92.8 Å². The smallest absolute Gasteiger partial charge is 0.270 e. The first kappa shape index (κ1) is 10.4. The van der Waals surface area contributed by atoms with Gasteiger partial charge in [0.15, 0.2) is 5.65 Å². The Hall–Kier alpha value is -2.17. The van der Waals surface area contributed by atoms with E-state index in [1.54, 1.807) is 28.9 Å². The van der Waals surface area contributed by atoms with E-state index in [4.69, 9.17) is 0 Å². The second kappa shape index (κ2) is 4.14. The van der Waals surface area contributed by atoms with Crippen LogP contribution in [0.5, 0.6) is 0 Å². The van der Waals surface area contributed by atoms with Crippen molar-refractivity contribution in [2.75, 3.05) is 6.54 Å². The van der Waals surface area contributed by atoms with Gasteiger partial charge in [0.05, 0.1) is 6.20 Å². The first-order chi connectivity index (χ1) is 7.72. The predicted octanol–water partition coefficient (Wildman–Crippen LogP) is 0.954. The van der Waals surface area contributed by atoms with Crippen LogP contribution >= 0.6 is 0 Å². The monoisotopic (exact) mass is 216 g/mol. The van der Waals surface area contributed by atoms with E-state index in [2.05, 4.69) is 22.0 Å². The lowest BCUT2D eigenvalue weighted by atomic mass is 10.3. The Bertz CT molecular complexity index is 544. The van der Waals surface area contributed by atoms with E-state index in [1.807, 2.05) is 6.92 Å². The summed E-state index contributed by atoms with van der Waals surface area (Å²) in [5, 5.41) is 6.77. The summed E-state index contributed by atoms with van der Waals surface area (Å²) in [7, 11) is 0. The maximum absolute atomic E-state index is 11.7. The molecule has 1 amide bonds. The summed E-state index contributed by atoms with van der Waals surface area (Å²) >= 11 is 0. The first-order valence-electron chi connectivity index (χ1n) is 4.93. The fourth-order valence-corrected chi connectivity index (χ4v) is 1.44. The number of fused-ring (bicyclic) bond motifs is 1. The number of amides is 1. The van der Waals surface area contributed by atoms with Crippen molar-refractivity contribution in [3.8, 4) is 0 Å². The van der Waals surface area contributed by atoms with Crippen LogP contribution in [0.25, 0.3) is 5.65 Å². The molecule has 0 fully saturated rings. The van der Waals surface area contributed by atoms with Crippen molar-refractivity contribution in [1.29, 1.82) is 0 Å². The molecule has 0 radical (unpaired) electrons. The molecule has 2 rings (SSSR count). The number of aromatic nitrogens is 3. The van der Waals surface area contributed by atoms with E-state index in [0.717, 1.165) is 5.69 Å². The topological polar surface area (TPSA) is 59.3 Å². The van der Waals surface area contributed by atoms with Gasteiger partial charge in [0.1, 0.15) is 5.69 Å². The highest BCUT2D eigenvalue weighted by Gasteiger charge is 2.09. The van der Waals surface area contributed by atoms with Crippen molar-refractivity contribution in [2.45, 2.75) is 6.92 Å². The molecule has 2 aromatic heterocycles. The minimum atomic E-state index is -0.202. The lowest BCUT2D eigenvalue weighted by molar-refractivity contribution is 0.0953. The van der Waals surface area contributed by atoms with Crippen molar-refractivity contribution >= 4 is 11.6 Å². The number of carbonyl (C=O) groups is 1. The van der Waals surface area contributed by atoms with Gasteiger partial charge in [-0.1, -0.05) is 6.08 Å². The number of rotatable bonds is 3. The molecule has 0 spiro atoms. The Morgan fingerprint density at radius 1 is 1.69 bits per heavy atom. The Morgan fingerprint density at radius 3 is 3.25 bits per heavy atom. The van der Waals surface area contributed by atoms with Crippen LogP contribution in [0.2, 0.25) is 0 Å². The quantitative estimate of drug-likeness (QED) is 0.777. The van der Waals surface area contributed by atoms with Crippen LogP contribution in [0, 0.1) is 6.92 Å². The van der Waals surface area contributed by atoms with Crippen LogP contribution < -0.4 is 5.32 Å². The van der Waals surface area contributed by atoms with Gasteiger partial charge < -0.3 is 5.32 Å². The van der Waals surface area contributed by atoms with E-state index in [-0.39, 0.29) is 5.91 Å². The molecule has 5 heteroatoms. The lowest BCUT2D eigenvalue weighted by Gasteiger charge is -2.04. The van der Waals surface area contributed by atoms with Gasteiger partial charge in [-0.05, 0) is 13.0 Å². The van der Waals surface area contributed by atoms with Crippen molar-refractivity contribution in [2.24, 2.45) is 0 Å². The van der Waals surface area contributed by atoms with Crippen molar-refractivity contribution in [3.63, 3.8) is 0 Å². The Kier molecular flexibility index (Phi) is 2.68. The van der Waals surface area contributed by atoms with Crippen LogP contribution in [0.15, 0.2) is 31.0 Å². The zero-order valence-electron chi connectivity index (χ0n) is 8.97. The van der Waals surface area contributed by atoms with Crippen LogP contribution in [-0.4, -0.2) is 27.0 Å². The van der Waals surface area contributed by atoms with Gasteiger partial charge in [-0.3, -0.25) is 4.79 Å². The highest BCUT2D eigenvalue weighted by Crippen LogP contribution is 2.06. The molecule has 0 saturated heterocycles. The molecule has 0 bridgehead atoms. The van der Waals surface area contributed by atoms with Gasteiger partial charge in [-0.2, -0.15) is 5.10 Å². The highest BCUT2D eigenvalue weighted by atomic mass is 16.1. The molecule has 1 N–H and O–H groups in total. The van der Waals surface area contributed by atoms with Crippen molar-refractivity contribution < 1.29 is 4.79 Å². The van der Waals surface area contributed by atoms with Gasteiger partial charge in [0, 0.05) is 18.3 Å². The molecule has 16 heavy (non-hydrogen) atoms. The third-order valence-corrected chi connectivity index (χ3v) is 2.18. The average molecular weight is 216 g/mol. The van der Waals surface area contributed by atoms with Crippen molar-refractivity contribution in [3.05, 3.63) is 42.4 Å². The fraction of sp³-hybridized carbons (Fsp3) is 0.182. The zero-order chi connectivity index (χ0) is 11.5. The summed E-state index contributed by atoms with van der Waals surface area (Å²) in [5.41, 5.74) is 1.94. The summed E-state index contributed by atoms with van der Waals surface area (Å²) in [5.74, 6) is -0.202.